The quantitative estimate of drug-likeness (QED) is 0.456. The SMILES string of the molecule is COCCOC(=O)CN1CCS(=O)(=O)CC1. The average molecular weight is 251 g/mol. The van der Waals surface area contributed by atoms with Crippen LogP contribution in [0.1, 0.15) is 0 Å². The smallest absolute Gasteiger partial charge is 0.320 e. The van der Waals surface area contributed by atoms with Crippen LogP contribution in [0.3, 0.4) is 0 Å². The highest BCUT2D eigenvalue weighted by Crippen LogP contribution is 2.03. The summed E-state index contributed by atoms with van der Waals surface area (Å²) in [7, 11) is -1.36. The number of carbonyl (C=O) groups is 1. The van der Waals surface area contributed by atoms with E-state index < -0.39 is 9.84 Å². The Kier molecular flexibility index (Phi) is 5.17. The molecule has 0 spiro atoms. The molecule has 0 radical (unpaired) electrons. The summed E-state index contributed by atoms with van der Waals surface area (Å²) in [4.78, 5) is 13.1. The minimum absolute atomic E-state index is 0.123. The maximum atomic E-state index is 11.3. The molecule has 94 valence electrons. The van der Waals surface area contributed by atoms with Crippen molar-refractivity contribution in [3.05, 3.63) is 0 Å². The van der Waals surface area contributed by atoms with Crippen LogP contribution in [0.15, 0.2) is 0 Å². The van der Waals surface area contributed by atoms with Gasteiger partial charge in [0.2, 0.25) is 0 Å². The van der Waals surface area contributed by atoms with Crippen LogP contribution in [-0.2, 0) is 24.1 Å². The summed E-state index contributed by atoms with van der Waals surface area (Å²) in [5.74, 6) is -0.0900. The molecule has 0 bridgehead atoms. The van der Waals surface area contributed by atoms with Gasteiger partial charge in [-0.05, 0) is 0 Å². The second-order valence-corrected chi connectivity index (χ2v) is 5.94. The van der Waals surface area contributed by atoms with E-state index in [-0.39, 0.29) is 30.6 Å². The van der Waals surface area contributed by atoms with Crippen molar-refractivity contribution in [1.82, 2.24) is 4.90 Å². The lowest BCUT2D eigenvalue weighted by molar-refractivity contribution is -0.146. The van der Waals surface area contributed by atoms with Crippen LogP contribution < -0.4 is 0 Å². The highest BCUT2D eigenvalue weighted by atomic mass is 32.2. The first-order valence-electron chi connectivity index (χ1n) is 5.11. The van der Waals surface area contributed by atoms with Gasteiger partial charge in [0.25, 0.3) is 0 Å². The zero-order valence-corrected chi connectivity index (χ0v) is 10.2. The largest absolute Gasteiger partial charge is 0.462 e. The lowest BCUT2D eigenvalue weighted by atomic mass is 10.4. The molecule has 16 heavy (non-hydrogen) atoms. The number of hydrogen-bond acceptors (Lipinski definition) is 6. The van der Waals surface area contributed by atoms with Crippen molar-refractivity contribution in [1.29, 1.82) is 0 Å². The normalized spacial score (nSPS) is 20.6. The molecule has 0 unspecified atom stereocenters. The molecule has 7 heteroatoms. The number of nitrogens with zero attached hydrogens (tertiary/aromatic N) is 1. The highest BCUT2D eigenvalue weighted by molar-refractivity contribution is 7.91. The van der Waals surface area contributed by atoms with E-state index in [1.807, 2.05) is 0 Å². The van der Waals surface area contributed by atoms with Gasteiger partial charge in [-0.25, -0.2) is 8.42 Å². The van der Waals surface area contributed by atoms with E-state index in [2.05, 4.69) is 0 Å². The summed E-state index contributed by atoms with van der Waals surface area (Å²) >= 11 is 0. The van der Waals surface area contributed by atoms with Crippen molar-refractivity contribution in [3.63, 3.8) is 0 Å². The number of esters is 1. The number of rotatable bonds is 5. The fourth-order valence-corrected chi connectivity index (χ4v) is 2.65. The molecule has 0 aromatic carbocycles. The lowest BCUT2D eigenvalue weighted by Crippen LogP contribution is -2.43. The summed E-state index contributed by atoms with van der Waals surface area (Å²) in [6.07, 6.45) is 0. The van der Waals surface area contributed by atoms with Crippen molar-refractivity contribution in [2.24, 2.45) is 0 Å². The van der Waals surface area contributed by atoms with Gasteiger partial charge < -0.3 is 9.47 Å². The second kappa shape index (κ2) is 6.17. The van der Waals surface area contributed by atoms with E-state index >= 15 is 0 Å². The van der Waals surface area contributed by atoms with Crippen molar-refractivity contribution in [2.45, 2.75) is 0 Å². The van der Waals surface area contributed by atoms with Crippen molar-refractivity contribution < 1.29 is 22.7 Å². The number of ether oxygens (including phenoxy) is 2. The fourth-order valence-electron chi connectivity index (χ4n) is 1.38. The summed E-state index contributed by atoms with van der Waals surface area (Å²) in [5.41, 5.74) is 0. The number of carbonyl (C=O) groups excluding carboxylic acids is 1. The Morgan fingerprint density at radius 3 is 2.44 bits per heavy atom. The van der Waals surface area contributed by atoms with Gasteiger partial charge in [0.05, 0.1) is 24.7 Å². The summed E-state index contributed by atoms with van der Waals surface area (Å²) in [6.45, 7) is 1.57. The molecule has 1 saturated heterocycles. The van der Waals surface area contributed by atoms with Crippen LogP contribution in [0.2, 0.25) is 0 Å². The van der Waals surface area contributed by atoms with Gasteiger partial charge in [-0.3, -0.25) is 9.69 Å². The van der Waals surface area contributed by atoms with Gasteiger partial charge in [-0.15, -0.1) is 0 Å². The van der Waals surface area contributed by atoms with Crippen molar-refractivity contribution in [3.8, 4) is 0 Å². The minimum Gasteiger partial charge on any atom is -0.462 e. The summed E-state index contributed by atoms with van der Waals surface area (Å²) in [6, 6.07) is 0. The van der Waals surface area contributed by atoms with Crippen LogP contribution >= 0.6 is 0 Å². The average Bonchev–Trinajstić information content (AvgIpc) is 2.22. The molecule has 0 aliphatic carbocycles. The Morgan fingerprint density at radius 1 is 1.25 bits per heavy atom. The van der Waals surface area contributed by atoms with Crippen LogP contribution in [-0.4, -0.2) is 70.8 Å². The van der Waals surface area contributed by atoms with Crippen LogP contribution in [0, 0.1) is 0 Å². The molecule has 1 aliphatic rings. The maximum absolute atomic E-state index is 11.3. The molecule has 0 atom stereocenters. The van der Waals surface area contributed by atoms with E-state index in [1.165, 1.54) is 7.11 Å². The Balaban J connectivity index is 2.20. The number of methoxy groups -OCH3 is 1. The Hall–Kier alpha value is -0.660. The molecule has 1 rings (SSSR count). The van der Waals surface area contributed by atoms with Gasteiger partial charge >= 0.3 is 5.97 Å². The molecule has 1 heterocycles. The maximum Gasteiger partial charge on any atom is 0.320 e. The number of hydrogen-bond donors (Lipinski definition) is 0. The second-order valence-electron chi connectivity index (χ2n) is 3.64. The van der Waals surface area contributed by atoms with E-state index in [0.717, 1.165) is 0 Å². The van der Waals surface area contributed by atoms with E-state index in [0.29, 0.717) is 19.7 Å². The van der Waals surface area contributed by atoms with Crippen molar-refractivity contribution >= 4 is 15.8 Å². The Morgan fingerprint density at radius 2 is 1.88 bits per heavy atom. The van der Waals surface area contributed by atoms with Crippen LogP contribution in [0.4, 0.5) is 0 Å². The van der Waals surface area contributed by atoms with E-state index in [4.69, 9.17) is 9.47 Å². The lowest BCUT2D eigenvalue weighted by Gasteiger charge is -2.25. The highest BCUT2D eigenvalue weighted by Gasteiger charge is 2.23. The van der Waals surface area contributed by atoms with Gasteiger partial charge in [0.1, 0.15) is 6.61 Å². The third kappa shape index (κ3) is 4.91. The van der Waals surface area contributed by atoms with Gasteiger partial charge in [-0.2, -0.15) is 0 Å². The minimum atomic E-state index is -2.89. The predicted molar refractivity (Wildman–Crippen MR) is 57.9 cm³/mol. The molecule has 1 fully saturated rings. The first-order valence-corrected chi connectivity index (χ1v) is 6.93. The van der Waals surface area contributed by atoms with Crippen LogP contribution in [0.5, 0.6) is 0 Å². The first-order chi connectivity index (χ1) is 7.53. The first kappa shape index (κ1) is 13.4. The van der Waals surface area contributed by atoms with Gasteiger partial charge in [-0.1, -0.05) is 0 Å². The topological polar surface area (TPSA) is 72.9 Å². The molecule has 6 nitrogen and oxygen atoms in total. The molecule has 0 amide bonds. The molecule has 0 aromatic rings. The monoisotopic (exact) mass is 251 g/mol. The zero-order valence-electron chi connectivity index (χ0n) is 9.35. The molecular weight excluding hydrogens is 234 g/mol. The molecular formula is C9H17NO5S. The van der Waals surface area contributed by atoms with Crippen molar-refractivity contribution in [2.75, 3.05) is 51.5 Å². The summed E-state index contributed by atoms with van der Waals surface area (Å²) < 4.78 is 31.9. The zero-order chi connectivity index (χ0) is 12.0. The molecule has 1 aliphatic heterocycles. The predicted octanol–water partition coefficient (Wildman–Crippen LogP) is -1.09. The number of sulfone groups is 1. The van der Waals surface area contributed by atoms with E-state index in [1.54, 1.807) is 4.90 Å². The Labute approximate surface area is 95.4 Å². The van der Waals surface area contributed by atoms with E-state index in [9.17, 15) is 13.2 Å². The Bertz CT molecular complexity index is 313. The van der Waals surface area contributed by atoms with Gasteiger partial charge in [0, 0.05) is 20.2 Å². The molecule has 0 aromatic heterocycles. The van der Waals surface area contributed by atoms with Crippen LogP contribution in [0.25, 0.3) is 0 Å². The fraction of sp³-hybridized carbons (Fsp3) is 0.889. The molecule has 0 N–H and O–H groups in total. The standard InChI is InChI=1S/C9H17NO5S/c1-14-4-5-15-9(11)8-10-2-6-16(12,13)7-3-10/h2-8H2,1H3. The molecule has 0 saturated carbocycles. The third-order valence-electron chi connectivity index (χ3n) is 2.34. The van der Waals surface area contributed by atoms with Gasteiger partial charge in [0.15, 0.2) is 9.84 Å². The third-order valence-corrected chi connectivity index (χ3v) is 3.95. The summed E-state index contributed by atoms with van der Waals surface area (Å²) in [5, 5.41) is 0.